The van der Waals surface area contributed by atoms with Gasteiger partial charge in [-0.25, -0.2) is 0 Å². The van der Waals surface area contributed by atoms with Crippen molar-refractivity contribution in [2.75, 3.05) is 6.54 Å². The number of aromatic nitrogens is 3. The smallest absolute Gasteiger partial charge is 0.390 e. The molecule has 0 saturated carbocycles. The maximum absolute atomic E-state index is 12.4. The molecule has 0 bridgehead atoms. The van der Waals surface area contributed by atoms with E-state index in [4.69, 9.17) is 0 Å². The van der Waals surface area contributed by atoms with Gasteiger partial charge < -0.3 is 15.0 Å². The van der Waals surface area contributed by atoms with Crippen molar-refractivity contribution in [3.8, 4) is 0 Å². The molecule has 0 aliphatic rings. The van der Waals surface area contributed by atoms with Crippen molar-refractivity contribution in [2.45, 2.75) is 33.4 Å². The van der Waals surface area contributed by atoms with Gasteiger partial charge in [-0.05, 0) is 23.8 Å². The molecule has 0 N–H and O–H groups in total. The highest BCUT2D eigenvalue weighted by Crippen LogP contribution is 2.09. The Morgan fingerprint density at radius 3 is 2.61 bits per heavy atom. The van der Waals surface area contributed by atoms with Crippen molar-refractivity contribution in [2.24, 2.45) is 0 Å². The summed E-state index contributed by atoms with van der Waals surface area (Å²) in [5.41, 5.74) is 2.21. The van der Waals surface area contributed by atoms with Gasteiger partial charge in [0.15, 0.2) is 0 Å². The Hall–Kier alpha value is -2.77. The quantitative estimate of drug-likeness (QED) is 0.574. The molecule has 0 spiro atoms. The molecule has 8 nitrogen and oxygen atoms in total. The van der Waals surface area contributed by atoms with Gasteiger partial charge in [-0.2, -0.15) is 4.68 Å². The highest BCUT2D eigenvalue weighted by molar-refractivity contribution is 5.75. The first-order valence-corrected chi connectivity index (χ1v) is 7.36. The summed E-state index contributed by atoms with van der Waals surface area (Å²) in [7, 11) is 0. The van der Waals surface area contributed by atoms with Crippen LogP contribution in [0, 0.1) is 17.0 Å². The minimum absolute atomic E-state index is 0.0628. The monoisotopic (exact) mass is 317 g/mol. The fourth-order valence-corrected chi connectivity index (χ4v) is 2.16. The maximum atomic E-state index is 12.4. The van der Waals surface area contributed by atoms with E-state index in [0.717, 1.165) is 17.5 Å². The Morgan fingerprint density at radius 1 is 1.35 bits per heavy atom. The Kier molecular flexibility index (Phi) is 5.40. The second-order valence-corrected chi connectivity index (χ2v) is 5.30. The molecule has 0 saturated heterocycles. The van der Waals surface area contributed by atoms with E-state index in [1.165, 1.54) is 11.0 Å². The van der Waals surface area contributed by atoms with Crippen molar-refractivity contribution in [1.82, 2.24) is 19.7 Å². The van der Waals surface area contributed by atoms with Gasteiger partial charge in [-0.15, -0.1) is 0 Å². The van der Waals surface area contributed by atoms with Gasteiger partial charge >= 0.3 is 5.95 Å². The predicted octanol–water partition coefficient (Wildman–Crippen LogP) is 1.93. The van der Waals surface area contributed by atoms with Crippen LogP contribution in [0.5, 0.6) is 0 Å². The average molecular weight is 317 g/mol. The molecule has 2 aromatic rings. The number of nitrogens with zero attached hydrogens (tertiary/aromatic N) is 5. The molecule has 2 rings (SSSR count). The topological polar surface area (TPSA) is 94.2 Å². The fourth-order valence-electron chi connectivity index (χ4n) is 2.16. The van der Waals surface area contributed by atoms with Gasteiger partial charge in [-0.1, -0.05) is 41.7 Å². The van der Waals surface area contributed by atoms with Gasteiger partial charge in [0.1, 0.15) is 6.54 Å². The van der Waals surface area contributed by atoms with Gasteiger partial charge in [0.05, 0.1) is 0 Å². The number of nitro groups is 1. The normalized spacial score (nSPS) is 10.5. The second-order valence-electron chi connectivity index (χ2n) is 5.30. The molecule has 0 unspecified atom stereocenters. The molecular formula is C15H19N5O3. The van der Waals surface area contributed by atoms with Crippen LogP contribution in [-0.4, -0.2) is 37.0 Å². The molecule has 0 atom stereocenters. The third kappa shape index (κ3) is 4.60. The number of benzene rings is 1. The van der Waals surface area contributed by atoms with Crippen LogP contribution in [-0.2, 0) is 17.9 Å². The molecule has 1 aromatic heterocycles. The Labute approximate surface area is 133 Å². The summed E-state index contributed by atoms with van der Waals surface area (Å²) in [6.45, 7) is 5.06. The number of hydrogen-bond donors (Lipinski definition) is 0. The van der Waals surface area contributed by atoms with E-state index in [2.05, 4.69) is 10.1 Å². The fraction of sp³-hybridized carbons (Fsp3) is 0.400. The zero-order chi connectivity index (χ0) is 16.8. The van der Waals surface area contributed by atoms with E-state index in [0.29, 0.717) is 13.1 Å². The van der Waals surface area contributed by atoms with Crippen LogP contribution in [0.4, 0.5) is 5.95 Å². The first-order chi connectivity index (χ1) is 11.0. The van der Waals surface area contributed by atoms with Gasteiger partial charge in [0, 0.05) is 18.2 Å². The number of aryl methyl sites for hydroxylation is 1. The van der Waals surface area contributed by atoms with Crippen LogP contribution in [0.25, 0.3) is 0 Å². The molecule has 23 heavy (non-hydrogen) atoms. The first kappa shape index (κ1) is 16.6. The number of hydrogen-bond acceptors (Lipinski definition) is 5. The first-order valence-electron chi connectivity index (χ1n) is 7.36. The lowest BCUT2D eigenvalue weighted by atomic mass is 10.1. The lowest BCUT2D eigenvalue weighted by Crippen LogP contribution is -2.34. The summed E-state index contributed by atoms with van der Waals surface area (Å²) in [6.07, 6.45) is 2.03. The van der Waals surface area contributed by atoms with Crippen LogP contribution in [0.3, 0.4) is 0 Å². The lowest BCUT2D eigenvalue weighted by Gasteiger charge is -2.21. The summed E-state index contributed by atoms with van der Waals surface area (Å²) < 4.78 is 1.19. The molecular weight excluding hydrogens is 298 g/mol. The number of amides is 1. The average Bonchev–Trinajstić information content (AvgIpc) is 2.97. The number of carbonyl (C=O) groups is 1. The summed E-state index contributed by atoms with van der Waals surface area (Å²) in [6, 6.07) is 7.99. The van der Waals surface area contributed by atoms with Gasteiger partial charge in [0.25, 0.3) is 0 Å². The summed E-state index contributed by atoms with van der Waals surface area (Å²) in [4.78, 5) is 27.6. The number of carbonyl (C=O) groups excluding carboxylic acids is 1. The molecule has 1 amide bonds. The zero-order valence-electron chi connectivity index (χ0n) is 13.2. The van der Waals surface area contributed by atoms with Crippen molar-refractivity contribution in [3.63, 3.8) is 0 Å². The lowest BCUT2D eigenvalue weighted by molar-refractivity contribution is -0.394. The van der Waals surface area contributed by atoms with Crippen LogP contribution in [0.1, 0.15) is 24.5 Å². The summed E-state index contributed by atoms with van der Waals surface area (Å²) in [5.74, 6) is -0.648. The molecule has 0 aliphatic carbocycles. The Bertz CT molecular complexity index is 681. The van der Waals surface area contributed by atoms with Crippen molar-refractivity contribution >= 4 is 11.9 Å². The van der Waals surface area contributed by atoms with Crippen LogP contribution in [0.2, 0.25) is 0 Å². The second kappa shape index (κ2) is 7.48. The largest absolute Gasteiger partial charge is 0.490 e. The summed E-state index contributed by atoms with van der Waals surface area (Å²) >= 11 is 0. The predicted molar refractivity (Wildman–Crippen MR) is 83.6 cm³/mol. The molecule has 8 heteroatoms. The van der Waals surface area contributed by atoms with Crippen molar-refractivity contribution in [1.29, 1.82) is 0 Å². The molecule has 0 aliphatic heterocycles. The maximum Gasteiger partial charge on any atom is 0.490 e. The third-order valence-corrected chi connectivity index (χ3v) is 3.33. The van der Waals surface area contributed by atoms with E-state index < -0.39 is 10.9 Å². The zero-order valence-corrected chi connectivity index (χ0v) is 13.2. The Morgan fingerprint density at radius 2 is 2.04 bits per heavy atom. The van der Waals surface area contributed by atoms with E-state index in [-0.39, 0.29) is 12.5 Å². The van der Waals surface area contributed by atoms with Gasteiger partial charge in [-0.3, -0.25) is 4.79 Å². The highest BCUT2D eigenvalue weighted by Gasteiger charge is 2.19. The van der Waals surface area contributed by atoms with Crippen molar-refractivity contribution in [3.05, 3.63) is 51.8 Å². The van der Waals surface area contributed by atoms with Crippen LogP contribution < -0.4 is 0 Å². The number of rotatable bonds is 7. The van der Waals surface area contributed by atoms with E-state index >= 15 is 0 Å². The van der Waals surface area contributed by atoms with Gasteiger partial charge in [0.2, 0.25) is 12.2 Å². The molecule has 122 valence electrons. The summed E-state index contributed by atoms with van der Waals surface area (Å²) in [5, 5.41) is 14.2. The van der Waals surface area contributed by atoms with E-state index in [1.54, 1.807) is 4.90 Å². The minimum atomic E-state index is -0.683. The SMILES string of the molecule is CCCN(Cc1ccc(C)cc1)C(=O)Cn1cnc([N+](=O)[O-])n1. The van der Waals surface area contributed by atoms with Crippen molar-refractivity contribution < 1.29 is 9.72 Å². The molecule has 1 heterocycles. The molecule has 0 fully saturated rings. The van der Waals surface area contributed by atoms with E-state index in [9.17, 15) is 14.9 Å². The van der Waals surface area contributed by atoms with E-state index in [1.807, 2.05) is 38.1 Å². The molecule has 0 radical (unpaired) electrons. The standard InChI is InChI=1S/C15H19N5O3/c1-3-8-18(9-13-6-4-12(2)5-7-13)14(21)10-19-11-16-15(17-19)20(22)23/h4-7,11H,3,8-10H2,1-2H3. The third-order valence-electron chi connectivity index (χ3n) is 3.33. The highest BCUT2D eigenvalue weighted by atomic mass is 16.6. The molecule has 1 aromatic carbocycles. The minimum Gasteiger partial charge on any atom is -0.390 e. The Balaban J connectivity index is 2.04. The van der Waals surface area contributed by atoms with Crippen LogP contribution >= 0.6 is 0 Å². The van der Waals surface area contributed by atoms with Crippen LogP contribution in [0.15, 0.2) is 30.6 Å².